The Balaban J connectivity index is 1.52. The van der Waals surface area contributed by atoms with Gasteiger partial charge in [-0.2, -0.15) is 0 Å². The molecule has 1 aliphatic carbocycles. The smallest absolute Gasteiger partial charge is 0.312 e. The fourth-order valence-corrected chi connectivity index (χ4v) is 3.40. The molecule has 2 aromatic rings. The lowest BCUT2D eigenvalue weighted by atomic mass is 10.1. The number of aliphatic carboxylic acids is 1. The number of hydrogen-bond donors (Lipinski definition) is 2. The highest BCUT2D eigenvalue weighted by Gasteiger charge is 2.32. The van der Waals surface area contributed by atoms with Crippen molar-refractivity contribution in [3.05, 3.63) is 23.0 Å². The normalized spacial score (nSPS) is 17.1. The van der Waals surface area contributed by atoms with Crippen LogP contribution in [0.1, 0.15) is 29.3 Å². The number of fused-ring (bicyclic) bond motifs is 1. The summed E-state index contributed by atoms with van der Waals surface area (Å²) in [4.78, 5) is 16.6. The van der Waals surface area contributed by atoms with Crippen LogP contribution in [0.3, 0.4) is 0 Å². The Labute approximate surface area is 119 Å². The first-order chi connectivity index (χ1) is 9.74. The van der Waals surface area contributed by atoms with Crippen molar-refractivity contribution in [2.45, 2.75) is 31.7 Å². The van der Waals surface area contributed by atoms with Crippen molar-refractivity contribution in [2.24, 2.45) is 0 Å². The van der Waals surface area contributed by atoms with Gasteiger partial charge in [0.15, 0.2) is 5.13 Å². The Morgan fingerprint density at radius 2 is 2.50 bits per heavy atom. The molecule has 1 unspecified atom stereocenters. The maximum atomic E-state index is 11.1. The third kappa shape index (κ3) is 2.64. The molecule has 7 nitrogen and oxygen atoms in total. The molecule has 0 spiro atoms. The SMILES string of the molecule is O=C(O)C1CCc2sc(NCCCn3ccnn3)nc21. The van der Waals surface area contributed by atoms with Gasteiger partial charge in [-0.15, -0.1) is 16.4 Å². The van der Waals surface area contributed by atoms with Crippen molar-refractivity contribution in [2.75, 3.05) is 11.9 Å². The maximum absolute atomic E-state index is 11.1. The lowest BCUT2D eigenvalue weighted by molar-refractivity contribution is -0.138. The highest BCUT2D eigenvalue weighted by atomic mass is 32.1. The van der Waals surface area contributed by atoms with Crippen LogP contribution in [0, 0.1) is 0 Å². The van der Waals surface area contributed by atoms with Gasteiger partial charge in [-0.1, -0.05) is 5.21 Å². The van der Waals surface area contributed by atoms with Crippen LogP contribution in [-0.4, -0.2) is 37.6 Å². The predicted molar refractivity (Wildman–Crippen MR) is 73.9 cm³/mol. The van der Waals surface area contributed by atoms with Crippen LogP contribution < -0.4 is 5.32 Å². The Hall–Kier alpha value is -1.96. The Kier molecular flexibility index (Phi) is 3.64. The molecule has 8 heteroatoms. The lowest BCUT2D eigenvalue weighted by Gasteiger charge is -2.04. The predicted octanol–water partition coefficient (Wildman–Crippen LogP) is 1.35. The molecule has 2 heterocycles. The van der Waals surface area contributed by atoms with Crippen LogP contribution in [0.5, 0.6) is 0 Å². The Bertz CT molecular complexity index is 595. The van der Waals surface area contributed by atoms with Crippen molar-refractivity contribution in [3.63, 3.8) is 0 Å². The van der Waals surface area contributed by atoms with Crippen molar-refractivity contribution in [1.29, 1.82) is 0 Å². The van der Waals surface area contributed by atoms with Crippen molar-refractivity contribution < 1.29 is 9.90 Å². The van der Waals surface area contributed by atoms with Crippen LogP contribution in [0.25, 0.3) is 0 Å². The average Bonchev–Trinajstić information content (AvgIpc) is 3.10. The molecule has 1 atom stereocenters. The molecule has 106 valence electrons. The number of anilines is 1. The minimum absolute atomic E-state index is 0.424. The molecule has 0 aromatic carbocycles. The number of thiazole rings is 1. The molecule has 0 saturated heterocycles. The quantitative estimate of drug-likeness (QED) is 0.781. The number of hydrogen-bond acceptors (Lipinski definition) is 6. The van der Waals surface area contributed by atoms with Gasteiger partial charge < -0.3 is 10.4 Å². The summed E-state index contributed by atoms with van der Waals surface area (Å²) in [6.45, 7) is 1.58. The highest BCUT2D eigenvalue weighted by molar-refractivity contribution is 7.15. The molecule has 0 radical (unpaired) electrons. The van der Waals surface area contributed by atoms with E-state index in [9.17, 15) is 4.79 Å². The van der Waals surface area contributed by atoms with Crippen molar-refractivity contribution in [3.8, 4) is 0 Å². The summed E-state index contributed by atoms with van der Waals surface area (Å²) in [5, 5.41) is 20.8. The van der Waals surface area contributed by atoms with E-state index in [1.54, 1.807) is 22.2 Å². The summed E-state index contributed by atoms with van der Waals surface area (Å²) in [7, 11) is 0. The molecule has 0 amide bonds. The zero-order valence-corrected chi connectivity index (χ0v) is 11.6. The van der Waals surface area contributed by atoms with E-state index in [1.807, 2.05) is 6.20 Å². The van der Waals surface area contributed by atoms with E-state index >= 15 is 0 Å². The zero-order valence-electron chi connectivity index (χ0n) is 10.8. The molecule has 2 N–H and O–H groups in total. The second-order valence-corrected chi connectivity index (χ2v) is 5.79. The van der Waals surface area contributed by atoms with Gasteiger partial charge in [-0.05, 0) is 19.3 Å². The van der Waals surface area contributed by atoms with E-state index in [2.05, 4.69) is 20.6 Å². The fourth-order valence-electron chi connectivity index (χ4n) is 2.33. The van der Waals surface area contributed by atoms with E-state index in [1.165, 1.54) is 0 Å². The standard InChI is InChI=1S/C12H15N5O2S/c18-11(19)8-2-3-9-10(8)15-12(20-9)13-4-1-6-17-7-5-14-16-17/h5,7-8H,1-4,6H2,(H,13,15)(H,18,19). The number of carbonyl (C=O) groups is 1. The fraction of sp³-hybridized carbons (Fsp3) is 0.500. The molecule has 1 aliphatic rings. The minimum atomic E-state index is -0.771. The first-order valence-electron chi connectivity index (χ1n) is 6.54. The summed E-state index contributed by atoms with van der Waals surface area (Å²) < 4.78 is 1.78. The number of nitrogens with one attached hydrogen (secondary N) is 1. The largest absolute Gasteiger partial charge is 0.481 e. The molecule has 20 heavy (non-hydrogen) atoms. The summed E-state index contributed by atoms with van der Waals surface area (Å²) in [5.74, 6) is -1.20. The first kappa shape index (κ1) is 13.0. The van der Waals surface area contributed by atoms with E-state index in [0.717, 1.165) is 41.6 Å². The average molecular weight is 293 g/mol. The molecule has 0 aliphatic heterocycles. The van der Waals surface area contributed by atoms with E-state index in [4.69, 9.17) is 5.11 Å². The van der Waals surface area contributed by atoms with E-state index < -0.39 is 11.9 Å². The summed E-state index contributed by atoms with van der Waals surface area (Å²) in [6.07, 6.45) is 5.90. The summed E-state index contributed by atoms with van der Waals surface area (Å²) >= 11 is 1.57. The molecule has 2 aromatic heterocycles. The molecule has 0 bridgehead atoms. The van der Waals surface area contributed by atoms with Gasteiger partial charge in [0, 0.05) is 24.2 Å². The topological polar surface area (TPSA) is 92.9 Å². The van der Waals surface area contributed by atoms with Gasteiger partial charge in [0.1, 0.15) is 5.92 Å². The van der Waals surface area contributed by atoms with Gasteiger partial charge in [0.05, 0.1) is 11.9 Å². The number of carboxylic acids is 1. The van der Waals surface area contributed by atoms with Crippen LogP contribution in [0.2, 0.25) is 0 Å². The van der Waals surface area contributed by atoms with Gasteiger partial charge in [0.25, 0.3) is 0 Å². The Morgan fingerprint density at radius 3 is 3.25 bits per heavy atom. The molecular formula is C12H15N5O2S. The highest BCUT2D eigenvalue weighted by Crippen LogP contribution is 2.38. The molecular weight excluding hydrogens is 278 g/mol. The monoisotopic (exact) mass is 293 g/mol. The second kappa shape index (κ2) is 5.58. The van der Waals surface area contributed by atoms with Gasteiger partial charge in [-0.25, -0.2) is 4.98 Å². The number of rotatable bonds is 6. The number of aromatic nitrogens is 4. The first-order valence-corrected chi connectivity index (χ1v) is 7.36. The van der Waals surface area contributed by atoms with Crippen LogP contribution in [0.4, 0.5) is 5.13 Å². The van der Waals surface area contributed by atoms with Gasteiger partial charge >= 0.3 is 5.97 Å². The van der Waals surface area contributed by atoms with E-state index in [-0.39, 0.29) is 0 Å². The van der Waals surface area contributed by atoms with Crippen molar-refractivity contribution >= 4 is 22.4 Å². The minimum Gasteiger partial charge on any atom is -0.481 e. The number of nitrogens with zero attached hydrogens (tertiary/aromatic N) is 4. The third-order valence-electron chi connectivity index (χ3n) is 3.33. The molecule has 3 rings (SSSR count). The van der Waals surface area contributed by atoms with Crippen LogP contribution in [-0.2, 0) is 17.8 Å². The van der Waals surface area contributed by atoms with Crippen LogP contribution >= 0.6 is 11.3 Å². The number of aryl methyl sites for hydroxylation is 2. The van der Waals surface area contributed by atoms with E-state index in [0.29, 0.717) is 6.42 Å². The third-order valence-corrected chi connectivity index (χ3v) is 4.42. The summed E-state index contributed by atoms with van der Waals surface area (Å²) in [6, 6.07) is 0. The van der Waals surface area contributed by atoms with Crippen LogP contribution in [0.15, 0.2) is 12.4 Å². The number of carboxylic acid groups (broad SMARTS) is 1. The summed E-state index contributed by atoms with van der Waals surface area (Å²) in [5.41, 5.74) is 0.751. The van der Waals surface area contributed by atoms with Gasteiger partial charge in [-0.3, -0.25) is 9.48 Å². The zero-order chi connectivity index (χ0) is 13.9. The Morgan fingerprint density at radius 1 is 1.60 bits per heavy atom. The lowest BCUT2D eigenvalue weighted by Crippen LogP contribution is -2.10. The van der Waals surface area contributed by atoms with Gasteiger partial charge in [0.2, 0.25) is 0 Å². The second-order valence-electron chi connectivity index (χ2n) is 4.70. The van der Waals surface area contributed by atoms with Crippen molar-refractivity contribution in [1.82, 2.24) is 20.0 Å². The molecule has 0 fully saturated rings. The maximum Gasteiger partial charge on any atom is 0.312 e. The molecule has 0 saturated carbocycles.